The van der Waals surface area contributed by atoms with E-state index in [-0.39, 0.29) is 22.2 Å². The van der Waals surface area contributed by atoms with Gasteiger partial charge in [0.25, 0.3) is 10.0 Å². The Kier molecular flexibility index (Phi) is 5.00. The van der Waals surface area contributed by atoms with Crippen molar-refractivity contribution in [1.29, 1.82) is 0 Å². The van der Waals surface area contributed by atoms with Gasteiger partial charge in [-0.05, 0) is 36.2 Å². The van der Waals surface area contributed by atoms with E-state index in [0.717, 1.165) is 24.1 Å². The van der Waals surface area contributed by atoms with Gasteiger partial charge in [0.2, 0.25) is 5.91 Å². The molecule has 0 unspecified atom stereocenters. The highest BCUT2D eigenvalue weighted by Gasteiger charge is 2.17. The maximum atomic E-state index is 13.4. The van der Waals surface area contributed by atoms with E-state index in [1.165, 1.54) is 25.1 Å². The molecule has 2 rings (SSSR count). The zero-order valence-corrected chi connectivity index (χ0v) is 13.6. The Bertz CT molecular complexity index is 818. The molecule has 0 bridgehead atoms. The number of hydrogen-bond acceptors (Lipinski definition) is 3. The van der Waals surface area contributed by atoms with Gasteiger partial charge < -0.3 is 5.32 Å². The Morgan fingerprint density at radius 2 is 1.74 bits per heavy atom. The van der Waals surface area contributed by atoms with Crippen LogP contribution in [0.5, 0.6) is 0 Å². The summed E-state index contributed by atoms with van der Waals surface area (Å²) in [5.74, 6) is -0.998. The molecule has 0 aliphatic carbocycles. The van der Waals surface area contributed by atoms with E-state index >= 15 is 0 Å². The van der Waals surface area contributed by atoms with Crippen LogP contribution in [0.25, 0.3) is 0 Å². The average Bonchev–Trinajstić information content (AvgIpc) is 2.49. The molecule has 1 amide bonds. The van der Waals surface area contributed by atoms with Gasteiger partial charge in [-0.3, -0.25) is 9.52 Å². The molecule has 7 heteroatoms. The molecule has 0 saturated carbocycles. The molecule has 0 radical (unpaired) electrons. The lowest BCUT2D eigenvalue weighted by atomic mass is 10.2. The van der Waals surface area contributed by atoms with Crippen LogP contribution in [0.1, 0.15) is 19.4 Å². The maximum absolute atomic E-state index is 13.4. The topological polar surface area (TPSA) is 75.3 Å². The van der Waals surface area contributed by atoms with Gasteiger partial charge in [0.05, 0.1) is 16.3 Å². The summed E-state index contributed by atoms with van der Waals surface area (Å²) in [6, 6.07) is 9.86. The molecule has 23 heavy (non-hydrogen) atoms. The largest absolute Gasteiger partial charge is 0.325 e. The van der Waals surface area contributed by atoms with Crippen LogP contribution < -0.4 is 10.0 Å². The first-order valence-electron chi connectivity index (χ1n) is 7.00. The van der Waals surface area contributed by atoms with Crippen molar-refractivity contribution in [2.24, 2.45) is 0 Å². The number of carbonyl (C=O) groups is 1. The molecule has 2 N–H and O–H groups in total. The number of nitrogens with one attached hydrogen (secondary N) is 2. The second-order valence-corrected chi connectivity index (χ2v) is 6.66. The predicted octanol–water partition coefficient (Wildman–Crippen LogP) is 3.15. The molecule has 122 valence electrons. The Balaban J connectivity index is 2.35. The molecule has 0 spiro atoms. The lowest BCUT2D eigenvalue weighted by Crippen LogP contribution is -2.16. The SMILES string of the molecule is CCc1ccc(S(=O)(=O)Nc2cc(F)ccc2NC(C)=O)cc1. The van der Waals surface area contributed by atoms with Crippen LogP contribution >= 0.6 is 0 Å². The van der Waals surface area contributed by atoms with Crippen molar-refractivity contribution >= 4 is 27.3 Å². The van der Waals surface area contributed by atoms with Gasteiger partial charge >= 0.3 is 0 Å². The molecule has 0 saturated heterocycles. The van der Waals surface area contributed by atoms with E-state index < -0.39 is 15.8 Å². The normalized spacial score (nSPS) is 11.1. The second kappa shape index (κ2) is 6.78. The zero-order valence-electron chi connectivity index (χ0n) is 12.8. The van der Waals surface area contributed by atoms with E-state index in [1.54, 1.807) is 12.1 Å². The van der Waals surface area contributed by atoms with E-state index in [4.69, 9.17) is 0 Å². The van der Waals surface area contributed by atoms with Crippen molar-refractivity contribution in [3.63, 3.8) is 0 Å². The summed E-state index contributed by atoms with van der Waals surface area (Å²) in [5, 5.41) is 2.46. The molecule has 0 aliphatic rings. The molecule has 0 aromatic heterocycles. The van der Waals surface area contributed by atoms with E-state index in [1.807, 2.05) is 6.92 Å². The molecule has 0 fully saturated rings. The van der Waals surface area contributed by atoms with Crippen LogP contribution in [0.3, 0.4) is 0 Å². The van der Waals surface area contributed by atoms with Gasteiger partial charge in [-0.25, -0.2) is 12.8 Å². The Morgan fingerprint density at radius 1 is 1.09 bits per heavy atom. The number of halogens is 1. The van der Waals surface area contributed by atoms with Crippen molar-refractivity contribution in [3.8, 4) is 0 Å². The van der Waals surface area contributed by atoms with Crippen LogP contribution in [0.2, 0.25) is 0 Å². The van der Waals surface area contributed by atoms with Gasteiger partial charge in [-0.2, -0.15) is 0 Å². The van der Waals surface area contributed by atoms with E-state index in [0.29, 0.717) is 0 Å². The minimum absolute atomic E-state index is 0.0280. The predicted molar refractivity (Wildman–Crippen MR) is 87.3 cm³/mol. The third-order valence-electron chi connectivity index (χ3n) is 3.18. The van der Waals surface area contributed by atoms with Gasteiger partial charge in [0.15, 0.2) is 0 Å². The molecule has 0 aliphatic heterocycles. The number of amides is 1. The van der Waals surface area contributed by atoms with Crippen molar-refractivity contribution in [3.05, 3.63) is 53.8 Å². The summed E-state index contributed by atoms with van der Waals surface area (Å²) >= 11 is 0. The first kappa shape index (κ1) is 17.0. The summed E-state index contributed by atoms with van der Waals surface area (Å²) in [6.45, 7) is 3.25. The number of benzene rings is 2. The first-order chi connectivity index (χ1) is 10.8. The number of rotatable bonds is 5. The molecular formula is C16H17FN2O3S. The highest BCUT2D eigenvalue weighted by molar-refractivity contribution is 7.92. The average molecular weight is 336 g/mol. The summed E-state index contributed by atoms with van der Waals surface area (Å²) < 4.78 is 40.5. The highest BCUT2D eigenvalue weighted by atomic mass is 32.2. The Hall–Kier alpha value is -2.41. The first-order valence-corrected chi connectivity index (χ1v) is 8.49. The number of anilines is 2. The molecule has 0 atom stereocenters. The molecule has 5 nitrogen and oxygen atoms in total. The Labute approximate surface area is 134 Å². The monoisotopic (exact) mass is 336 g/mol. The van der Waals surface area contributed by atoms with Crippen molar-refractivity contribution in [1.82, 2.24) is 0 Å². The fourth-order valence-electron chi connectivity index (χ4n) is 2.01. The minimum atomic E-state index is -3.88. The van der Waals surface area contributed by atoms with Gasteiger partial charge in [0.1, 0.15) is 5.82 Å². The summed E-state index contributed by atoms with van der Waals surface area (Å²) in [6.07, 6.45) is 0.796. The summed E-state index contributed by atoms with van der Waals surface area (Å²) in [5.41, 5.74) is 1.17. The third-order valence-corrected chi connectivity index (χ3v) is 4.56. The van der Waals surface area contributed by atoms with Crippen LogP contribution in [-0.4, -0.2) is 14.3 Å². The molecular weight excluding hydrogens is 319 g/mol. The van der Waals surface area contributed by atoms with Crippen molar-refractivity contribution in [2.75, 3.05) is 10.0 Å². The lowest BCUT2D eigenvalue weighted by molar-refractivity contribution is -0.114. The second-order valence-electron chi connectivity index (χ2n) is 4.97. The van der Waals surface area contributed by atoms with Crippen LogP contribution in [0.15, 0.2) is 47.4 Å². The molecule has 0 heterocycles. The minimum Gasteiger partial charge on any atom is -0.325 e. The van der Waals surface area contributed by atoms with Crippen LogP contribution in [-0.2, 0) is 21.2 Å². The van der Waals surface area contributed by atoms with Crippen LogP contribution in [0.4, 0.5) is 15.8 Å². The molecule has 2 aromatic carbocycles. The van der Waals surface area contributed by atoms with Crippen LogP contribution in [0, 0.1) is 5.82 Å². The standard InChI is InChI=1S/C16H17FN2O3S/c1-3-12-4-7-14(8-5-12)23(21,22)19-16-10-13(17)6-9-15(16)18-11(2)20/h4-10,19H,3H2,1-2H3,(H,18,20). The zero-order chi connectivity index (χ0) is 17.0. The van der Waals surface area contributed by atoms with E-state index in [9.17, 15) is 17.6 Å². The third kappa shape index (κ3) is 4.29. The Morgan fingerprint density at radius 3 is 2.30 bits per heavy atom. The van der Waals surface area contributed by atoms with E-state index in [2.05, 4.69) is 10.0 Å². The quantitative estimate of drug-likeness (QED) is 0.881. The number of sulfonamides is 1. The van der Waals surface area contributed by atoms with Crippen molar-refractivity contribution in [2.45, 2.75) is 25.2 Å². The highest BCUT2D eigenvalue weighted by Crippen LogP contribution is 2.26. The number of hydrogen-bond donors (Lipinski definition) is 2. The maximum Gasteiger partial charge on any atom is 0.261 e. The van der Waals surface area contributed by atoms with Crippen molar-refractivity contribution < 1.29 is 17.6 Å². The fourth-order valence-corrected chi connectivity index (χ4v) is 3.08. The summed E-state index contributed by atoms with van der Waals surface area (Å²) in [4.78, 5) is 11.2. The summed E-state index contributed by atoms with van der Waals surface area (Å²) in [7, 11) is -3.88. The van der Waals surface area contributed by atoms with Gasteiger partial charge in [0, 0.05) is 13.0 Å². The molecule has 2 aromatic rings. The number of aryl methyl sites for hydroxylation is 1. The smallest absolute Gasteiger partial charge is 0.261 e. The lowest BCUT2D eigenvalue weighted by Gasteiger charge is -2.13. The fraction of sp³-hybridized carbons (Fsp3) is 0.188. The number of carbonyl (C=O) groups excluding carboxylic acids is 1. The van der Waals surface area contributed by atoms with Gasteiger partial charge in [-0.15, -0.1) is 0 Å². The van der Waals surface area contributed by atoms with Gasteiger partial charge in [-0.1, -0.05) is 19.1 Å².